The zero-order chi connectivity index (χ0) is 13.5. The molecule has 17 heavy (non-hydrogen) atoms. The van der Waals surface area contributed by atoms with Gasteiger partial charge in [0, 0.05) is 0 Å². The van der Waals surface area contributed by atoms with E-state index >= 15 is 0 Å². The van der Waals surface area contributed by atoms with Crippen LogP contribution in [0.2, 0.25) is 0 Å². The summed E-state index contributed by atoms with van der Waals surface area (Å²) in [5.41, 5.74) is -4.62. The van der Waals surface area contributed by atoms with E-state index in [4.69, 9.17) is 5.11 Å². The standard InChI is InChI=1S/C9H7F6OS/c1-2-5-3-6(17-4-5)7(16,8(10,11)12)9(13,14)15/h3-4,16H,1-2H2. The van der Waals surface area contributed by atoms with Gasteiger partial charge >= 0.3 is 12.4 Å². The number of hydrogen-bond acceptors (Lipinski definition) is 2. The fraction of sp³-hybridized carbons (Fsp3) is 0.444. The van der Waals surface area contributed by atoms with Crippen molar-refractivity contribution in [2.45, 2.75) is 24.4 Å². The van der Waals surface area contributed by atoms with E-state index in [0.29, 0.717) is 6.07 Å². The van der Waals surface area contributed by atoms with Crippen LogP contribution in [-0.4, -0.2) is 17.5 Å². The van der Waals surface area contributed by atoms with Gasteiger partial charge in [-0.2, -0.15) is 26.3 Å². The first-order valence-corrected chi connectivity index (χ1v) is 5.15. The summed E-state index contributed by atoms with van der Waals surface area (Å²) in [7, 11) is 0. The van der Waals surface area contributed by atoms with Gasteiger partial charge in [-0.15, -0.1) is 11.3 Å². The molecule has 1 aromatic heterocycles. The number of hydrogen-bond donors (Lipinski definition) is 1. The summed E-state index contributed by atoms with van der Waals surface area (Å²) in [4.78, 5) is -1.20. The molecule has 1 heterocycles. The molecule has 1 aromatic rings. The molecule has 1 radical (unpaired) electrons. The minimum Gasteiger partial charge on any atom is -0.369 e. The number of alkyl halides is 6. The van der Waals surface area contributed by atoms with E-state index in [1.54, 1.807) is 0 Å². The van der Waals surface area contributed by atoms with Crippen LogP contribution in [0.15, 0.2) is 11.4 Å². The first-order valence-electron chi connectivity index (χ1n) is 4.27. The molecule has 8 heteroatoms. The van der Waals surface area contributed by atoms with Crippen LogP contribution in [0.4, 0.5) is 26.3 Å². The smallest absolute Gasteiger partial charge is 0.369 e. The van der Waals surface area contributed by atoms with Crippen molar-refractivity contribution < 1.29 is 31.4 Å². The third kappa shape index (κ3) is 2.28. The van der Waals surface area contributed by atoms with E-state index < -0.39 is 22.8 Å². The summed E-state index contributed by atoms with van der Waals surface area (Å²) in [6.45, 7) is 3.34. The maximum absolute atomic E-state index is 12.4. The third-order valence-electron chi connectivity index (χ3n) is 2.12. The fourth-order valence-corrected chi connectivity index (χ4v) is 2.22. The highest BCUT2D eigenvalue weighted by atomic mass is 32.1. The van der Waals surface area contributed by atoms with Gasteiger partial charge in [0.2, 0.25) is 0 Å². The molecule has 0 atom stereocenters. The van der Waals surface area contributed by atoms with Gasteiger partial charge in [-0.3, -0.25) is 0 Å². The van der Waals surface area contributed by atoms with Gasteiger partial charge in [0.15, 0.2) is 0 Å². The van der Waals surface area contributed by atoms with E-state index in [1.165, 1.54) is 0 Å². The molecule has 97 valence electrons. The summed E-state index contributed by atoms with van der Waals surface area (Å²) >= 11 is 0.205. The normalized spacial score (nSPS) is 14.1. The molecule has 0 bridgehead atoms. The lowest BCUT2D eigenvalue weighted by Crippen LogP contribution is -2.53. The molecule has 0 aromatic carbocycles. The quantitative estimate of drug-likeness (QED) is 0.821. The average molecular weight is 277 g/mol. The Balaban J connectivity index is 3.35. The Kier molecular flexibility index (Phi) is 3.50. The summed E-state index contributed by atoms with van der Waals surface area (Å²) < 4.78 is 74.5. The molecule has 1 rings (SSSR count). The van der Waals surface area contributed by atoms with Crippen LogP contribution in [0.3, 0.4) is 0 Å². The van der Waals surface area contributed by atoms with Gasteiger partial charge in [0.1, 0.15) is 0 Å². The average Bonchev–Trinajstić information content (AvgIpc) is 2.61. The van der Waals surface area contributed by atoms with E-state index in [2.05, 4.69) is 6.92 Å². The molecule has 0 fully saturated rings. The molecule has 0 spiro atoms. The lowest BCUT2D eigenvalue weighted by atomic mass is 10.00. The van der Waals surface area contributed by atoms with E-state index in [-0.39, 0.29) is 23.3 Å². The Morgan fingerprint density at radius 3 is 1.88 bits per heavy atom. The van der Waals surface area contributed by atoms with Crippen molar-refractivity contribution in [3.05, 3.63) is 28.8 Å². The minimum absolute atomic E-state index is 0.0439. The van der Waals surface area contributed by atoms with Crippen LogP contribution in [0.5, 0.6) is 0 Å². The second-order valence-electron chi connectivity index (χ2n) is 3.28. The second-order valence-corrected chi connectivity index (χ2v) is 4.19. The van der Waals surface area contributed by atoms with Gasteiger partial charge < -0.3 is 5.11 Å². The Morgan fingerprint density at radius 1 is 1.12 bits per heavy atom. The lowest BCUT2D eigenvalue weighted by Gasteiger charge is -2.31. The topological polar surface area (TPSA) is 20.2 Å². The SMILES string of the molecule is [CH2]Cc1csc(C(O)(C(F)(F)F)C(F)(F)F)c1. The molecule has 0 saturated heterocycles. The zero-order valence-corrected chi connectivity index (χ0v) is 9.01. The minimum atomic E-state index is -5.82. The van der Waals surface area contributed by atoms with Gasteiger partial charge in [0.25, 0.3) is 5.60 Å². The van der Waals surface area contributed by atoms with Crippen molar-refractivity contribution in [3.63, 3.8) is 0 Å². The van der Waals surface area contributed by atoms with Crippen LogP contribution < -0.4 is 0 Å². The third-order valence-corrected chi connectivity index (χ3v) is 3.21. The van der Waals surface area contributed by atoms with Gasteiger partial charge in [-0.1, -0.05) is 0 Å². The van der Waals surface area contributed by atoms with Crippen molar-refractivity contribution >= 4 is 11.3 Å². The molecule has 0 amide bonds. The number of halogens is 6. The van der Waals surface area contributed by atoms with Crippen LogP contribution in [0.25, 0.3) is 0 Å². The van der Waals surface area contributed by atoms with Gasteiger partial charge in [-0.05, 0) is 30.4 Å². The highest BCUT2D eigenvalue weighted by Crippen LogP contribution is 2.51. The summed E-state index contributed by atoms with van der Waals surface area (Å²) in [5.74, 6) is 0. The van der Waals surface area contributed by atoms with E-state index in [9.17, 15) is 26.3 Å². The van der Waals surface area contributed by atoms with Crippen molar-refractivity contribution in [1.29, 1.82) is 0 Å². The first-order chi connectivity index (χ1) is 7.54. The van der Waals surface area contributed by atoms with Crippen LogP contribution >= 0.6 is 11.3 Å². The molecule has 1 N–H and O–H groups in total. The Morgan fingerprint density at radius 2 is 1.59 bits per heavy atom. The Labute approximate surface area is 96.7 Å². The largest absolute Gasteiger partial charge is 0.431 e. The Bertz CT molecular complexity index is 377. The molecule has 0 saturated carbocycles. The molecular formula is C9H7F6OS. The van der Waals surface area contributed by atoms with Gasteiger partial charge in [-0.25, -0.2) is 0 Å². The molecule has 0 aliphatic heterocycles. The van der Waals surface area contributed by atoms with Crippen molar-refractivity contribution in [3.8, 4) is 0 Å². The molecule has 0 aliphatic rings. The van der Waals surface area contributed by atoms with Crippen LogP contribution in [-0.2, 0) is 12.0 Å². The first kappa shape index (κ1) is 14.3. The monoisotopic (exact) mass is 277 g/mol. The maximum Gasteiger partial charge on any atom is 0.431 e. The Hall–Kier alpha value is -0.760. The highest BCUT2D eigenvalue weighted by molar-refractivity contribution is 7.10. The highest BCUT2D eigenvalue weighted by Gasteiger charge is 2.72. The van der Waals surface area contributed by atoms with Crippen molar-refractivity contribution in [2.75, 3.05) is 0 Å². The summed E-state index contributed by atoms with van der Waals surface area (Å²) in [6, 6.07) is 0.665. The molecule has 0 aliphatic carbocycles. The van der Waals surface area contributed by atoms with Crippen molar-refractivity contribution in [2.24, 2.45) is 0 Å². The molecular weight excluding hydrogens is 270 g/mol. The van der Waals surface area contributed by atoms with Crippen LogP contribution in [0.1, 0.15) is 10.4 Å². The van der Waals surface area contributed by atoms with E-state index in [0.717, 1.165) is 5.38 Å². The number of thiophene rings is 1. The molecule has 0 unspecified atom stereocenters. The van der Waals surface area contributed by atoms with E-state index in [1.807, 2.05) is 0 Å². The second kappa shape index (κ2) is 4.16. The maximum atomic E-state index is 12.4. The summed E-state index contributed by atoms with van der Waals surface area (Å²) in [6.07, 6.45) is -11.6. The zero-order valence-electron chi connectivity index (χ0n) is 8.19. The summed E-state index contributed by atoms with van der Waals surface area (Å²) in [5, 5.41) is 10.1. The fourth-order valence-electron chi connectivity index (χ4n) is 1.14. The predicted octanol–water partition coefficient (Wildman–Crippen LogP) is 3.44. The van der Waals surface area contributed by atoms with Crippen molar-refractivity contribution in [1.82, 2.24) is 0 Å². The molecule has 1 nitrogen and oxygen atoms in total. The lowest BCUT2D eigenvalue weighted by molar-refractivity contribution is -0.374. The number of aliphatic hydroxyl groups is 1. The van der Waals surface area contributed by atoms with Crippen LogP contribution in [0, 0.1) is 6.92 Å². The predicted molar refractivity (Wildman–Crippen MR) is 49.4 cm³/mol. The number of rotatable bonds is 2. The van der Waals surface area contributed by atoms with Gasteiger partial charge in [0.05, 0.1) is 4.88 Å².